The van der Waals surface area contributed by atoms with E-state index < -0.39 is 0 Å². The predicted octanol–water partition coefficient (Wildman–Crippen LogP) is 3.36. The summed E-state index contributed by atoms with van der Waals surface area (Å²) in [7, 11) is 0. The molecule has 0 bridgehead atoms. The zero-order valence-electron chi connectivity index (χ0n) is 9.58. The second-order valence-corrected chi connectivity index (χ2v) is 4.86. The van der Waals surface area contributed by atoms with Crippen molar-refractivity contribution >= 4 is 28.4 Å². The highest BCUT2D eigenvalue weighted by Crippen LogP contribution is 2.29. The fourth-order valence-electron chi connectivity index (χ4n) is 1.68. The number of nitrogen functional groups attached to an aromatic ring is 1. The molecule has 88 valence electrons. The minimum atomic E-state index is 0.714. The van der Waals surface area contributed by atoms with Crippen LogP contribution >= 0.6 is 11.8 Å². The standard InChI is InChI=1S/C14H11N3S/c15-11-6-2-4-8-13(11)18-14-16-9-10-5-1-3-7-12(10)17-14/h1-9H,15H2. The van der Waals surface area contributed by atoms with Crippen molar-refractivity contribution in [1.29, 1.82) is 0 Å². The van der Waals surface area contributed by atoms with Crippen LogP contribution in [-0.4, -0.2) is 9.97 Å². The molecule has 3 nitrogen and oxygen atoms in total. The number of anilines is 1. The number of para-hydroxylation sites is 2. The number of hydrogen-bond donors (Lipinski definition) is 1. The van der Waals surface area contributed by atoms with Crippen molar-refractivity contribution < 1.29 is 0 Å². The van der Waals surface area contributed by atoms with E-state index in [4.69, 9.17) is 5.73 Å². The lowest BCUT2D eigenvalue weighted by molar-refractivity contribution is 1.00. The van der Waals surface area contributed by atoms with Crippen molar-refractivity contribution in [2.24, 2.45) is 0 Å². The molecule has 0 atom stereocenters. The maximum absolute atomic E-state index is 5.90. The molecule has 0 saturated carbocycles. The SMILES string of the molecule is Nc1ccccc1Sc1ncc2ccccc2n1. The van der Waals surface area contributed by atoms with Crippen LogP contribution in [0.25, 0.3) is 10.9 Å². The summed E-state index contributed by atoms with van der Waals surface area (Å²) >= 11 is 1.48. The van der Waals surface area contributed by atoms with Gasteiger partial charge in [-0.2, -0.15) is 0 Å². The van der Waals surface area contributed by atoms with Crippen LogP contribution in [0.1, 0.15) is 0 Å². The number of hydrogen-bond acceptors (Lipinski definition) is 4. The van der Waals surface area contributed by atoms with E-state index in [2.05, 4.69) is 9.97 Å². The minimum Gasteiger partial charge on any atom is -0.398 e. The lowest BCUT2D eigenvalue weighted by Gasteiger charge is -2.04. The van der Waals surface area contributed by atoms with Gasteiger partial charge < -0.3 is 5.73 Å². The van der Waals surface area contributed by atoms with E-state index in [0.717, 1.165) is 21.5 Å². The Kier molecular flexibility index (Phi) is 2.86. The molecular weight excluding hydrogens is 242 g/mol. The Labute approximate surface area is 109 Å². The zero-order valence-corrected chi connectivity index (χ0v) is 10.4. The first-order valence-electron chi connectivity index (χ1n) is 5.57. The van der Waals surface area contributed by atoms with Gasteiger partial charge in [0.05, 0.1) is 5.52 Å². The summed E-state index contributed by atoms with van der Waals surface area (Å²) in [4.78, 5) is 9.83. The molecule has 1 aromatic heterocycles. The van der Waals surface area contributed by atoms with Crippen LogP contribution in [0, 0.1) is 0 Å². The van der Waals surface area contributed by atoms with Crippen LogP contribution in [0.4, 0.5) is 5.69 Å². The molecule has 0 fully saturated rings. The third-order valence-electron chi connectivity index (χ3n) is 2.59. The molecule has 0 saturated heterocycles. The first-order chi connectivity index (χ1) is 8.83. The summed E-state index contributed by atoms with van der Waals surface area (Å²) in [6, 6.07) is 15.7. The van der Waals surface area contributed by atoms with Gasteiger partial charge in [-0.25, -0.2) is 9.97 Å². The second-order valence-electron chi connectivity index (χ2n) is 3.85. The van der Waals surface area contributed by atoms with E-state index in [0.29, 0.717) is 5.16 Å². The molecular formula is C14H11N3S. The highest BCUT2D eigenvalue weighted by atomic mass is 32.2. The average molecular weight is 253 g/mol. The quantitative estimate of drug-likeness (QED) is 0.562. The molecule has 3 aromatic rings. The lowest BCUT2D eigenvalue weighted by atomic mass is 10.2. The van der Waals surface area contributed by atoms with Crippen molar-refractivity contribution in [2.75, 3.05) is 5.73 Å². The van der Waals surface area contributed by atoms with Crippen molar-refractivity contribution in [2.45, 2.75) is 10.1 Å². The Balaban J connectivity index is 1.98. The third kappa shape index (κ3) is 2.15. The van der Waals surface area contributed by atoms with Crippen molar-refractivity contribution in [3.63, 3.8) is 0 Å². The first-order valence-corrected chi connectivity index (χ1v) is 6.39. The highest BCUT2D eigenvalue weighted by molar-refractivity contribution is 7.99. The van der Waals surface area contributed by atoms with Crippen molar-refractivity contribution in [3.8, 4) is 0 Å². The normalized spacial score (nSPS) is 10.7. The van der Waals surface area contributed by atoms with Crippen LogP contribution in [0.15, 0.2) is 64.8 Å². The van der Waals surface area contributed by atoms with Gasteiger partial charge in [-0.3, -0.25) is 0 Å². The van der Waals surface area contributed by atoms with Gasteiger partial charge in [0.15, 0.2) is 5.16 Å². The molecule has 0 aliphatic rings. The minimum absolute atomic E-state index is 0.714. The first kappa shape index (κ1) is 11.0. The number of aromatic nitrogens is 2. The summed E-state index contributed by atoms with van der Waals surface area (Å²) in [6.07, 6.45) is 1.84. The topological polar surface area (TPSA) is 51.8 Å². The van der Waals surface area contributed by atoms with Crippen LogP contribution in [0.3, 0.4) is 0 Å². The van der Waals surface area contributed by atoms with Crippen LogP contribution in [-0.2, 0) is 0 Å². The molecule has 0 aliphatic carbocycles. The van der Waals surface area contributed by atoms with E-state index >= 15 is 0 Å². The van der Waals surface area contributed by atoms with Gasteiger partial charge in [-0.15, -0.1) is 0 Å². The maximum Gasteiger partial charge on any atom is 0.193 e. The zero-order chi connectivity index (χ0) is 12.4. The monoisotopic (exact) mass is 253 g/mol. The fourth-order valence-corrected chi connectivity index (χ4v) is 2.45. The molecule has 1 heterocycles. The van der Waals surface area contributed by atoms with Gasteiger partial charge in [0.2, 0.25) is 0 Å². The number of rotatable bonds is 2. The Hall–Kier alpha value is -2.07. The molecule has 2 N–H and O–H groups in total. The number of fused-ring (bicyclic) bond motifs is 1. The van der Waals surface area contributed by atoms with Gasteiger partial charge in [0.1, 0.15) is 0 Å². The maximum atomic E-state index is 5.90. The van der Waals surface area contributed by atoms with Crippen LogP contribution < -0.4 is 5.73 Å². The molecule has 0 aliphatic heterocycles. The smallest absolute Gasteiger partial charge is 0.193 e. The second kappa shape index (κ2) is 4.66. The van der Waals surface area contributed by atoms with Crippen molar-refractivity contribution in [1.82, 2.24) is 9.97 Å². The number of nitrogens with two attached hydrogens (primary N) is 1. The van der Waals surface area contributed by atoms with E-state index in [1.807, 2.05) is 54.7 Å². The summed E-state index contributed by atoms with van der Waals surface area (Å²) in [5.41, 5.74) is 7.60. The summed E-state index contributed by atoms with van der Waals surface area (Å²) in [5.74, 6) is 0. The molecule has 3 rings (SSSR count). The lowest BCUT2D eigenvalue weighted by Crippen LogP contribution is -1.90. The molecule has 18 heavy (non-hydrogen) atoms. The van der Waals surface area contributed by atoms with Crippen molar-refractivity contribution in [3.05, 3.63) is 54.7 Å². The van der Waals surface area contributed by atoms with Gasteiger partial charge in [0, 0.05) is 22.2 Å². The average Bonchev–Trinajstić information content (AvgIpc) is 2.41. The Morgan fingerprint density at radius 1 is 0.944 bits per heavy atom. The molecule has 0 spiro atoms. The largest absolute Gasteiger partial charge is 0.398 e. The van der Waals surface area contributed by atoms with Gasteiger partial charge in [-0.05, 0) is 30.0 Å². The van der Waals surface area contributed by atoms with Gasteiger partial charge >= 0.3 is 0 Å². The van der Waals surface area contributed by atoms with Gasteiger partial charge in [-0.1, -0.05) is 30.3 Å². The molecule has 0 radical (unpaired) electrons. The molecule has 0 amide bonds. The van der Waals surface area contributed by atoms with Gasteiger partial charge in [0.25, 0.3) is 0 Å². The Morgan fingerprint density at radius 3 is 2.61 bits per heavy atom. The predicted molar refractivity (Wildman–Crippen MR) is 74.5 cm³/mol. The van der Waals surface area contributed by atoms with E-state index in [1.165, 1.54) is 11.8 Å². The summed E-state index contributed by atoms with van der Waals surface area (Å²) in [5, 5.41) is 1.76. The van der Waals surface area contributed by atoms with E-state index in [1.54, 1.807) is 0 Å². The summed E-state index contributed by atoms with van der Waals surface area (Å²) in [6.45, 7) is 0. The highest BCUT2D eigenvalue weighted by Gasteiger charge is 2.04. The number of benzene rings is 2. The molecule has 2 aromatic carbocycles. The molecule has 0 unspecified atom stereocenters. The fraction of sp³-hybridized carbons (Fsp3) is 0. The molecule has 4 heteroatoms. The Morgan fingerprint density at radius 2 is 1.72 bits per heavy atom. The third-order valence-corrected chi connectivity index (χ3v) is 3.56. The van der Waals surface area contributed by atoms with E-state index in [-0.39, 0.29) is 0 Å². The summed E-state index contributed by atoms with van der Waals surface area (Å²) < 4.78 is 0. The Bertz CT molecular complexity index is 697. The van der Waals surface area contributed by atoms with Crippen LogP contribution in [0.5, 0.6) is 0 Å². The van der Waals surface area contributed by atoms with Crippen LogP contribution in [0.2, 0.25) is 0 Å². The number of nitrogens with zero attached hydrogens (tertiary/aromatic N) is 2. The van der Waals surface area contributed by atoms with E-state index in [9.17, 15) is 0 Å².